The molecule has 17 heavy (non-hydrogen) atoms. The van der Waals surface area contributed by atoms with Crippen molar-refractivity contribution >= 4 is 5.84 Å². The number of nitrogen functional groups attached to an aromatic ring is 1. The van der Waals surface area contributed by atoms with Crippen LogP contribution >= 0.6 is 0 Å². The second-order valence-electron chi connectivity index (χ2n) is 4.10. The molecule has 1 aromatic rings. The third-order valence-corrected chi connectivity index (χ3v) is 2.59. The zero-order valence-corrected chi connectivity index (χ0v) is 10.3. The van der Waals surface area contributed by atoms with Crippen molar-refractivity contribution < 1.29 is 9.13 Å². The van der Waals surface area contributed by atoms with Crippen LogP contribution in [-0.4, -0.2) is 11.9 Å². The van der Waals surface area contributed by atoms with Gasteiger partial charge in [0.15, 0.2) is 0 Å². The van der Waals surface area contributed by atoms with Crippen LogP contribution in [0, 0.1) is 11.2 Å². The molecule has 0 radical (unpaired) electrons. The van der Waals surface area contributed by atoms with Crippen molar-refractivity contribution in [2.45, 2.75) is 39.4 Å². The molecule has 4 heteroatoms. The molecule has 0 bridgehead atoms. The van der Waals surface area contributed by atoms with E-state index in [-0.39, 0.29) is 24.1 Å². The number of nitrogens with one attached hydrogen (secondary N) is 1. The van der Waals surface area contributed by atoms with Crippen LogP contribution in [0.3, 0.4) is 0 Å². The van der Waals surface area contributed by atoms with Gasteiger partial charge in [0.05, 0.1) is 18.3 Å². The molecule has 1 aromatic carbocycles. The van der Waals surface area contributed by atoms with Crippen molar-refractivity contribution in [3.05, 3.63) is 35.1 Å². The molecule has 0 aliphatic carbocycles. The van der Waals surface area contributed by atoms with E-state index in [1.54, 1.807) is 12.1 Å². The van der Waals surface area contributed by atoms with Crippen LogP contribution in [0.15, 0.2) is 18.2 Å². The van der Waals surface area contributed by atoms with Crippen LogP contribution in [0.5, 0.6) is 0 Å². The summed E-state index contributed by atoms with van der Waals surface area (Å²) in [5.41, 5.74) is 5.87. The first kappa shape index (κ1) is 13.6. The lowest BCUT2D eigenvalue weighted by Crippen LogP contribution is -2.15. The van der Waals surface area contributed by atoms with Crippen molar-refractivity contribution in [3.8, 4) is 0 Å². The number of nitrogens with two attached hydrogens (primary N) is 1. The monoisotopic (exact) mass is 238 g/mol. The number of hydrogen-bond donors (Lipinski definition) is 2. The van der Waals surface area contributed by atoms with Crippen molar-refractivity contribution in [3.63, 3.8) is 0 Å². The molecule has 0 amide bonds. The topological polar surface area (TPSA) is 59.1 Å². The highest BCUT2D eigenvalue weighted by Crippen LogP contribution is 2.15. The molecule has 1 rings (SSSR count). The minimum Gasteiger partial charge on any atom is -0.384 e. The molecule has 0 aliphatic heterocycles. The van der Waals surface area contributed by atoms with Crippen LogP contribution in [0.25, 0.3) is 0 Å². The third-order valence-electron chi connectivity index (χ3n) is 2.59. The van der Waals surface area contributed by atoms with Crippen molar-refractivity contribution in [2.24, 2.45) is 5.73 Å². The molecule has 0 fully saturated rings. The standard InChI is InChI=1S/C13H19FN2O/c1-3-5-9(2)17-8-10-6-4-7-11(12(10)14)13(15)16/h4,6-7,9H,3,5,8H2,1-2H3,(H3,15,16). The molecule has 3 nitrogen and oxygen atoms in total. The smallest absolute Gasteiger partial charge is 0.139 e. The number of hydrogen-bond acceptors (Lipinski definition) is 2. The van der Waals surface area contributed by atoms with Gasteiger partial charge in [0.25, 0.3) is 0 Å². The SMILES string of the molecule is CCCC(C)OCc1cccc(C(=N)N)c1F. The molecule has 0 aromatic heterocycles. The van der Waals surface area contributed by atoms with E-state index in [9.17, 15) is 4.39 Å². The van der Waals surface area contributed by atoms with Gasteiger partial charge in [0, 0.05) is 5.56 Å². The largest absolute Gasteiger partial charge is 0.384 e. The average molecular weight is 238 g/mol. The number of halogens is 1. The van der Waals surface area contributed by atoms with E-state index in [2.05, 4.69) is 6.92 Å². The Morgan fingerprint density at radius 2 is 2.24 bits per heavy atom. The molecule has 0 spiro atoms. The number of ether oxygens (including phenoxy) is 1. The fourth-order valence-corrected chi connectivity index (χ4v) is 1.62. The maximum absolute atomic E-state index is 13.9. The van der Waals surface area contributed by atoms with Gasteiger partial charge in [-0.3, -0.25) is 5.41 Å². The average Bonchev–Trinajstić information content (AvgIpc) is 2.27. The highest BCUT2D eigenvalue weighted by atomic mass is 19.1. The molecule has 0 saturated carbocycles. The minimum absolute atomic E-state index is 0.111. The Kier molecular flexibility index (Phi) is 5.10. The predicted octanol–water partition coefficient (Wildman–Crippen LogP) is 2.81. The zero-order chi connectivity index (χ0) is 12.8. The van der Waals surface area contributed by atoms with Gasteiger partial charge in [0.2, 0.25) is 0 Å². The normalized spacial score (nSPS) is 12.4. The van der Waals surface area contributed by atoms with E-state index in [0.717, 1.165) is 12.8 Å². The third kappa shape index (κ3) is 3.82. The quantitative estimate of drug-likeness (QED) is 0.591. The van der Waals surface area contributed by atoms with Gasteiger partial charge in [-0.15, -0.1) is 0 Å². The van der Waals surface area contributed by atoms with Gasteiger partial charge in [-0.05, 0) is 19.4 Å². The maximum Gasteiger partial charge on any atom is 0.139 e. The van der Waals surface area contributed by atoms with Crippen molar-refractivity contribution in [2.75, 3.05) is 0 Å². The highest BCUT2D eigenvalue weighted by molar-refractivity contribution is 5.95. The fraction of sp³-hybridized carbons (Fsp3) is 0.462. The maximum atomic E-state index is 13.9. The second-order valence-corrected chi connectivity index (χ2v) is 4.10. The predicted molar refractivity (Wildman–Crippen MR) is 66.6 cm³/mol. The Morgan fingerprint density at radius 1 is 1.53 bits per heavy atom. The lowest BCUT2D eigenvalue weighted by molar-refractivity contribution is 0.0456. The van der Waals surface area contributed by atoms with E-state index in [1.807, 2.05) is 6.92 Å². The summed E-state index contributed by atoms with van der Waals surface area (Å²) >= 11 is 0. The van der Waals surface area contributed by atoms with Crippen LogP contribution in [-0.2, 0) is 11.3 Å². The van der Waals surface area contributed by atoms with Gasteiger partial charge in [-0.25, -0.2) is 4.39 Å². The summed E-state index contributed by atoms with van der Waals surface area (Å²) in [7, 11) is 0. The summed E-state index contributed by atoms with van der Waals surface area (Å²) in [5.74, 6) is -0.713. The Hall–Kier alpha value is -1.42. The Morgan fingerprint density at radius 3 is 2.82 bits per heavy atom. The fourth-order valence-electron chi connectivity index (χ4n) is 1.62. The Balaban J connectivity index is 2.72. The van der Waals surface area contributed by atoms with E-state index >= 15 is 0 Å². The first-order chi connectivity index (χ1) is 8.06. The molecular weight excluding hydrogens is 219 g/mol. The van der Waals surface area contributed by atoms with Crippen LogP contribution in [0.1, 0.15) is 37.8 Å². The van der Waals surface area contributed by atoms with E-state index in [4.69, 9.17) is 15.9 Å². The summed E-state index contributed by atoms with van der Waals surface area (Å²) < 4.78 is 19.4. The first-order valence-corrected chi connectivity index (χ1v) is 5.79. The molecule has 0 saturated heterocycles. The van der Waals surface area contributed by atoms with Gasteiger partial charge in [-0.1, -0.05) is 25.5 Å². The van der Waals surface area contributed by atoms with Crippen LogP contribution in [0.2, 0.25) is 0 Å². The van der Waals surface area contributed by atoms with Crippen LogP contribution < -0.4 is 5.73 Å². The van der Waals surface area contributed by atoms with Crippen molar-refractivity contribution in [1.82, 2.24) is 0 Å². The minimum atomic E-state index is -0.455. The number of benzene rings is 1. The molecule has 0 heterocycles. The Labute approximate surface area is 101 Å². The summed E-state index contributed by atoms with van der Waals surface area (Å²) in [6, 6.07) is 4.83. The Bertz CT molecular complexity index is 393. The van der Waals surface area contributed by atoms with E-state index in [0.29, 0.717) is 5.56 Å². The number of amidine groups is 1. The summed E-state index contributed by atoms with van der Waals surface area (Å²) in [6.07, 6.45) is 2.10. The van der Waals surface area contributed by atoms with Gasteiger partial charge in [-0.2, -0.15) is 0 Å². The van der Waals surface area contributed by atoms with Gasteiger partial charge in [0.1, 0.15) is 11.7 Å². The zero-order valence-electron chi connectivity index (χ0n) is 10.3. The van der Waals surface area contributed by atoms with Crippen LogP contribution in [0.4, 0.5) is 4.39 Å². The van der Waals surface area contributed by atoms with Crippen molar-refractivity contribution in [1.29, 1.82) is 5.41 Å². The van der Waals surface area contributed by atoms with E-state index < -0.39 is 5.82 Å². The van der Waals surface area contributed by atoms with Gasteiger partial charge >= 0.3 is 0 Å². The van der Waals surface area contributed by atoms with Gasteiger partial charge < -0.3 is 10.5 Å². The highest BCUT2D eigenvalue weighted by Gasteiger charge is 2.11. The lowest BCUT2D eigenvalue weighted by Gasteiger charge is -2.13. The molecular formula is C13H19FN2O. The molecule has 1 atom stereocenters. The van der Waals surface area contributed by atoms with E-state index in [1.165, 1.54) is 6.07 Å². The lowest BCUT2D eigenvalue weighted by atomic mass is 10.1. The second kappa shape index (κ2) is 6.35. The summed E-state index contributed by atoms with van der Waals surface area (Å²) in [4.78, 5) is 0. The number of rotatable bonds is 6. The molecule has 3 N–H and O–H groups in total. The summed E-state index contributed by atoms with van der Waals surface area (Å²) in [6.45, 7) is 4.27. The molecule has 0 aliphatic rings. The molecule has 1 unspecified atom stereocenters. The first-order valence-electron chi connectivity index (χ1n) is 5.79. The molecule has 94 valence electrons. The summed E-state index contributed by atoms with van der Waals surface area (Å²) in [5, 5.41) is 7.25.